The van der Waals surface area contributed by atoms with E-state index in [0.717, 1.165) is 11.1 Å². The predicted octanol–water partition coefficient (Wildman–Crippen LogP) is 1.05. The molecule has 1 aromatic carbocycles. The normalized spacial score (nSPS) is 17.1. The van der Waals surface area contributed by atoms with Gasteiger partial charge in [-0.2, -0.15) is 0 Å². The highest BCUT2D eigenvalue weighted by Crippen LogP contribution is 2.19. The molecule has 1 fully saturated rings. The summed E-state index contributed by atoms with van der Waals surface area (Å²) in [6, 6.07) is 5.00. The van der Waals surface area contributed by atoms with E-state index in [1.807, 2.05) is 13.0 Å². The lowest BCUT2D eigenvalue weighted by Crippen LogP contribution is -2.51. The molecule has 1 aliphatic heterocycles. The number of likely N-dealkylation sites (tertiary alicyclic amines) is 1. The number of amides is 1. The van der Waals surface area contributed by atoms with Crippen LogP contribution in [0.3, 0.4) is 0 Å². The third kappa shape index (κ3) is 2.39. The number of hydrogen-bond donors (Lipinski definition) is 1. The summed E-state index contributed by atoms with van der Waals surface area (Å²) in [7, 11) is 0. The molecule has 0 aliphatic carbocycles. The van der Waals surface area contributed by atoms with Crippen LogP contribution >= 0.6 is 0 Å². The van der Waals surface area contributed by atoms with Crippen molar-refractivity contribution >= 4 is 5.91 Å². The van der Waals surface area contributed by atoms with E-state index in [1.165, 1.54) is 12.1 Å². The summed E-state index contributed by atoms with van der Waals surface area (Å²) in [4.78, 5) is 12.9. The van der Waals surface area contributed by atoms with E-state index in [0.29, 0.717) is 19.6 Å². The van der Waals surface area contributed by atoms with Gasteiger partial charge in [-0.3, -0.25) is 9.69 Å². The molecule has 0 bridgehead atoms. The Bertz CT molecular complexity index is 393. The van der Waals surface area contributed by atoms with Gasteiger partial charge in [-0.15, -0.1) is 0 Å². The third-order valence-corrected chi connectivity index (χ3v) is 2.87. The fraction of sp³-hybridized carbons (Fsp3) is 0.417. The average molecular weight is 222 g/mol. The lowest BCUT2D eigenvalue weighted by Gasteiger charge is -2.37. The summed E-state index contributed by atoms with van der Waals surface area (Å²) in [5.74, 6) is -0.483. The maximum absolute atomic E-state index is 13.1. The first-order chi connectivity index (χ1) is 7.54. The Morgan fingerprint density at radius 2 is 2.19 bits per heavy atom. The number of aryl methyl sites for hydroxylation is 1. The van der Waals surface area contributed by atoms with E-state index in [4.69, 9.17) is 5.73 Å². The van der Waals surface area contributed by atoms with Crippen LogP contribution in [0.25, 0.3) is 0 Å². The molecule has 0 saturated carbocycles. The van der Waals surface area contributed by atoms with Crippen molar-refractivity contribution in [2.24, 2.45) is 11.7 Å². The zero-order valence-corrected chi connectivity index (χ0v) is 9.24. The first kappa shape index (κ1) is 11.1. The minimum atomic E-state index is -0.244. The minimum Gasteiger partial charge on any atom is -0.369 e. The number of primary amides is 1. The largest absolute Gasteiger partial charge is 0.369 e. The van der Waals surface area contributed by atoms with Crippen LogP contribution in [0.5, 0.6) is 0 Å². The molecule has 0 aromatic heterocycles. The molecule has 0 atom stereocenters. The van der Waals surface area contributed by atoms with Crippen molar-refractivity contribution in [3.05, 3.63) is 35.1 Å². The van der Waals surface area contributed by atoms with E-state index in [1.54, 1.807) is 0 Å². The Kier molecular flexibility index (Phi) is 2.92. The van der Waals surface area contributed by atoms with Gasteiger partial charge in [0.15, 0.2) is 0 Å². The summed E-state index contributed by atoms with van der Waals surface area (Å²) in [6.07, 6.45) is 0. The van der Waals surface area contributed by atoms with Crippen LogP contribution < -0.4 is 5.73 Å². The fourth-order valence-corrected chi connectivity index (χ4v) is 2.04. The van der Waals surface area contributed by atoms with Gasteiger partial charge in [-0.05, 0) is 30.2 Å². The lowest BCUT2D eigenvalue weighted by atomic mass is 9.98. The van der Waals surface area contributed by atoms with Gasteiger partial charge in [0, 0.05) is 19.6 Å². The van der Waals surface area contributed by atoms with Gasteiger partial charge in [0.25, 0.3) is 0 Å². The molecule has 0 unspecified atom stereocenters. The number of benzene rings is 1. The molecular weight excluding hydrogens is 207 g/mol. The van der Waals surface area contributed by atoms with E-state index in [9.17, 15) is 9.18 Å². The quantitative estimate of drug-likeness (QED) is 0.831. The Balaban J connectivity index is 1.94. The molecule has 16 heavy (non-hydrogen) atoms. The monoisotopic (exact) mass is 222 g/mol. The number of nitrogens with two attached hydrogens (primary N) is 1. The van der Waals surface area contributed by atoms with E-state index in [-0.39, 0.29) is 17.6 Å². The summed E-state index contributed by atoms with van der Waals surface area (Å²) in [5, 5.41) is 0. The van der Waals surface area contributed by atoms with Gasteiger partial charge in [-0.1, -0.05) is 6.07 Å². The molecular formula is C12H15FN2O. The molecule has 4 heteroatoms. The van der Waals surface area contributed by atoms with E-state index < -0.39 is 0 Å². The minimum absolute atomic E-state index is 0.0327. The predicted molar refractivity (Wildman–Crippen MR) is 59.1 cm³/mol. The molecule has 86 valence electrons. The van der Waals surface area contributed by atoms with Crippen LogP contribution in [0, 0.1) is 18.7 Å². The number of halogens is 1. The van der Waals surface area contributed by atoms with Crippen molar-refractivity contribution in [1.29, 1.82) is 0 Å². The second-order valence-corrected chi connectivity index (χ2v) is 4.43. The molecule has 1 heterocycles. The first-order valence-corrected chi connectivity index (χ1v) is 5.32. The summed E-state index contributed by atoms with van der Waals surface area (Å²) in [5.41, 5.74) is 7.04. The Morgan fingerprint density at radius 1 is 1.50 bits per heavy atom. The Hall–Kier alpha value is -1.42. The van der Waals surface area contributed by atoms with Crippen LogP contribution in [0.15, 0.2) is 18.2 Å². The van der Waals surface area contributed by atoms with Crippen LogP contribution in [0.4, 0.5) is 4.39 Å². The Labute approximate surface area is 94.0 Å². The molecule has 2 rings (SSSR count). The summed E-state index contributed by atoms with van der Waals surface area (Å²) < 4.78 is 13.1. The molecule has 2 N–H and O–H groups in total. The van der Waals surface area contributed by atoms with E-state index in [2.05, 4.69) is 4.90 Å². The standard InChI is InChI=1S/C12H15FN2O/c1-8-2-9(4-11(13)3-8)5-15-6-10(7-15)12(14)16/h2-4,10H,5-7H2,1H3,(H2,14,16). The SMILES string of the molecule is Cc1cc(F)cc(CN2CC(C(N)=O)C2)c1. The van der Waals surface area contributed by atoms with Crippen LogP contribution in [-0.2, 0) is 11.3 Å². The number of rotatable bonds is 3. The second-order valence-electron chi connectivity index (χ2n) is 4.43. The van der Waals surface area contributed by atoms with Crippen molar-refractivity contribution in [1.82, 2.24) is 4.90 Å². The van der Waals surface area contributed by atoms with Crippen LogP contribution in [-0.4, -0.2) is 23.9 Å². The highest BCUT2D eigenvalue weighted by molar-refractivity contribution is 5.78. The van der Waals surface area contributed by atoms with Gasteiger partial charge in [-0.25, -0.2) is 4.39 Å². The lowest BCUT2D eigenvalue weighted by molar-refractivity contribution is -0.127. The van der Waals surface area contributed by atoms with Crippen molar-refractivity contribution in [2.75, 3.05) is 13.1 Å². The second kappa shape index (κ2) is 4.22. The molecule has 1 amide bonds. The smallest absolute Gasteiger partial charge is 0.223 e. The van der Waals surface area contributed by atoms with Gasteiger partial charge < -0.3 is 5.73 Å². The van der Waals surface area contributed by atoms with Crippen LogP contribution in [0.1, 0.15) is 11.1 Å². The van der Waals surface area contributed by atoms with Crippen molar-refractivity contribution in [3.63, 3.8) is 0 Å². The van der Waals surface area contributed by atoms with Crippen molar-refractivity contribution in [3.8, 4) is 0 Å². The van der Waals surface area contributed by atoms with Gasteiger partial charge >= 0.3 is 0 Å². The number of nitrogens with zero attached hydrogens (tertiary/aromatic N) is 1. The maximum Gasteiger partial charge on any atom is 0.223 e. The number of carbonyl (C=O) groups is 1. The summed E-state index contributed by atoms with van der Waals surface area (Å²) >= 11 is 0. The third-order valence-electron chi connectivity index (χ3n) is 2.87. The molecule has 1 aliphatic rings. The zero-order valence-electron chi connectivity index (χ0n) is 9.24. The average Bonchev–Trinajstić information content (AvgIpc) is 2.08. The van der Waals surface area contributed by atoms with Gasteiger partial charge in [0.05, 0.1) is 5.92 Å². The summed E-state index contributed by atoms with van der Waals surface area (Å²) in [6.45, 7) is 3.92. The molecule has 3 nitrogen and oxygen atoms in total. The fourth-order valence-electron chi connectivity index (χ4n) is 2.04. The van der Waals surface area contributed by atoms with Crippen molar-refractivity contribution in [2.45, 2.75) is 13.5 Å². The first-order valence-electron chi connectivity index (χ1n) is 5.32. The van der Waals surface area contributed by atoms with Gasteiger partial charge in [0.2, 0.25) is 5.91 Å². The topological polar surface area (TPSA) is 46.3 Å². The molecule has 0 spiro atoms. The highest BCUT2D eigenvalue weighted by atomic mass is 19.1. The molecule has 1 aromatic rings. The number of hydrogen-bond acceptors (Lipinski definition) is 2. The van der Waals surface area contributed by atoms with Crippen molar-refractivity contribution < 1.29 is 9.18 Å². The maximum atomic E-state index is 13.1. The zero-order chi connectivity index (χ0) is 11.7. The van der Waals surface area contributed by atoms with E-state index >= 15 is 0 Å². The number of carbonyl (C=O) groups excluding carboxylic acids is 1. The molecule has 0 radical (unpaired) electrons. The Morgan fingerprint density at radius 3 is 2.75 bits per heavy atom. The van der Waals surface area contributed by atoms with Gasteiger partial charge in [0.1, 0.15) is 5.82 Å². The molecule has 1 saturated heterocycles. The highest BCUT2D eigenvalue weighted by Gasteiger charge is 2.30. The van der Waals surface area contributed by atoms with Crippen LogP contribution in [0.2, 0.25) is 0 Å².